The van der Waals surface area contributed by atoms with Crippen LogP contribution in [0.1, 0.15) is 10.4 Å². The zero-order valence-electron chi connectivity index (χ0n) is 10.6. The molecule has 0 spiro atoms. The van der Waals surface area contributed by atoms with Gasteiger partial charge in [-0.25, -0.2) is 14.8 Å². The topological polar surface area (TPSA) is 78.1 Å². The molecule has 2 aromatic rings. The van der Waals surface area contributed by atoms with Crippen LogP contribution in [0.4, 0.5) is 5.82 Å². The Labute approximate surface area is 115 Å². The molecule has 6 heteroatoms. The van der Waals surface area contributed by atoms with E-state index < -0.39 is 5.97 Å². The standard InChI is InChI=1S/C13H13N3O2S/c1-18-13(17)10-7-15-12(16-11(10)14)8-3-5-9(19-2)6-4-8/h3-7H,1-2H3,(H2,14,15,16). The van der Waals surface area contributed by atoms with E-state index in [-0.39, 0.29) is 11.4 Å². The van der Waals surface area contributed by atoms with Crippen LogP contribution >= 0.6 is 11.8 Å². The minimum absolute atomic E-state index is 0.116. The van der Waals surface area contributed by atoms with E-state index in [1.165, 1.54) is 13.3 Å². The Morgan fingerprint density at radius 3 is 2.53 bits per heavy atom. The predicted octanol–water partition coefficient (Wildman–Crippen LogP) is 2.23. The molecule has 0 saturated heterocycles. The van der Waals surface area contributed by atoms with Crippen molar-refractivity contribution < 1.29 is 9.53 Å². The SMILES string of the molecule is COC(=O)c1cnc(-c2ccc(SC)cc2)nc1N. The monoisotopic (exact) mass is 275 g/mol. The number of methoxy groups -OCH3 is 1. The van der Waals surface area contributed by atoms with Crippen LogP contribution < -0.4 is 5.73 Å². The molecular weight excluding hydrogens is 262 g/mol. The summed E-state index contributed by atoms with van der Waals surface area (Å²) in [5.74, 6) is 0.0605. The molecule has 1 heterocycles. The molecule has 2 N–H and O–H groups in total. The molecule has 0 radical (unpaired) electrons. The number of carbonyl (C=O) groups excluding carboxylic acids is 1. The van der Waals surface area contributed by atoms with Crippen molar-refractivity contribution in [3.63, 3.8) is 0 Å². The normalized spacial score (nSPS) is 10.2. The number of nitrogen functional groups attached to an aromatic ring is 1. The van der Waals surface area contributed by atoms with E-state index >= 15 is 0 Å². The van der Waals surface area contributed by atoms with Crippen molar-refractivity contribution >= 4 is 23.5 Å². The van der Waals surface area contributed by atoms with Gasteiger partial charge in [0.2, 0.25) is 0 Å². The second-order valence-corrected chi connectivity index (χ2v) is 4.59. The first-order valence-electron chi connectivity index (χ1n) is 5.51. The number of ether oxygens (including phenoxy) is 1. The van der Waals surface area contributed by atoms with Gasteiger partial charge < -0.3 is 10.5 Å². The predicted molar refractivity (Wildman–Crippen MR) is 75.0 cm³/mol. The van der Waals surface area contributed by atoms with Crippen LogP contribution in [-0.4, -0.2) is 29.3 Å². The lowest BCUT2D eigenvalue weighted by Gasteiger charge is -2.05. The van der Waals surface area contributed by atoms with Crippen LogP contribution in [0.15, 0.2) is 35.4 Å². The fraction of sp³-hybridized carbons (Fsp3) is 0.154. The van der Waals surface area contributed by atoms with E-state index in [1.807, 2.05) is 30.5 Å². The van der Waals surface area contributed by atoms with Crippen LogP contribution in [0.25, 0.3) is 11.4 Å². The third-order valence-corrected chi connectivity index (χ3v) is 3.32. The van der Waals surface area contributed by atoms with E-state index in [1.54, 1.807) is 11.8 Å². The van der Waals surface area contributed by atoms with Gasteiger partial charge in [-0.3, -0.25) is 0 Å². The van der Waals surface area contributed by atoms with Gasteiger partial charge in [0.05, 0.1) is 7.11 Å². The summed E-state index contributed by atoms with van der Waals surface area (Å²) in [5.41, 5.74) is 6.76. The van der Waals surface area contributed by atoms with Gasteiger partial charge in [-0.05, 0) is 18.4 Å². The number of rotatable bonds is 3. The first-order chi connectivity index (χ1) is 9.15. The summed E-state index contributed by atoms with van der Waals surface area (Å²) in [4.78, 5) is 20.8. The molecule has 0 aliphatic rings. The molecule has 2 rings (SSSR count). The Kier molecular flexibility index (Phi) is 4.01. The maximum Gasteiger partial charge on any atom is 0.343 e. The summed E-state index contributed by atoms with van der Waals surface area (Å²) in [6.07, 6.45) is 3.39. The molecule has 98 valence electrons. The number of esters is 1. The zero-order valence-corrected chi connectivity index (χ0v) is 11.4. The Morgan fingerprint density at radius 1 is 1.32 bits per heavy atom. The fourth-order valence-electron chi connectivity index (χ4n) is 1.54. The van der Waals surface area contributed by atoms with Crippen molar-refractivity contribution in [1.82, 2.24) is 9.97 Å². The van der Waals surface area contributed by atoms with Crippen molar-refractivity contribution in [3.05, 3.63) is 36.0 Å². The molecule has 1 aromatic carbocycles. The number of hydrogen-bond donors (Lipinski definition) is 1. The number of thioether (sulfide) groups is 1. The van der Waals surface area contributed by atoms with Crippen molar-refractivity contribution in [1.29, 1.82) is 0 Å². The number of hydrogen-bond acceptors (Lipinski definition) is 6. The number of aromatic nitrogens is 2. The number of benzene rings is 1. The number of nitrogens with two attached hydrogens (primary N) is 1. The van der Waals surface area contributed by atoms with E-state index in [9.17, 15) is 4.79 Å². The van der Waals surface area contributed by atoms with Crippen LogP contribution in [0.3, 0.4) is 0 Å². The van der Waals surface area contributed by atoms with Gasteiger partial charge in [-0.15, -0.1) is 11.8 Å². The summed E-state index contributed by atoms with van der Waals surface area (Å²) in [6.45, 7) is 0. The van der Waals surface area contributed by atoms with Gasteiger partial charge in [-0.1, -0.05) is 12.1 Å². The summed E-state index contributed by atoms with van der Waals surface area (Å²) >= 11 is 1.66. The Morgan fingerprint density at radius 2 is 2.00 bits per heavy atom. The molecule has 0 aliphatic heterocycles. The maximum atomic E-state index is 11.4. The van der Waals surface area contributed by atoms with Gasteiger partial charge in [0.15, 0.2) is 5.82 Å². The Hall–Kier alpha value is -2.08. The lowest BCUT2D eigenvalue weighted by atomic mass is 10.2. The van der Waals surface area contributed by atoms with E-state index in [0.717, 1.165) is 10.5 Å². The fourth-order valence-corrected chi connectivity index (χ4v) is 1.95. The largest absolute Gasteiger partial charge is 0.465 e. The molecule has 0 fully saturated rings. The molecule has 0 unspecified atom stereocenters. The van der Waals surface area contributed by atoms with E-state index in [0.29, 0.717) is 5.82 Å². The molecule has 0 amide bonds. The molecule has 0 aliphatic carbocycles. The second-order valence-electron chi connectivity index (χ2n) is 3.71. The lowest BCUT2D eigenvalue weighted by Crippen LogP contribution is -2.09. The minimum Gasteiger partial charge on any atom is -0.465 e. The Bertz CT molecular complexity index is 599. The van der Waals surface area contributed by atoms with Crippen LogP contribution in [0.5, 0.6) is 0 Å². The number of carbonyl (C=O) groups is 1. The highest BCUT2D eigenvalue weighted by Crippen LogP contribution is 2.21. The summed E-state index contributed by atoms with van der Waals surface area (Å²) < 4.78 is 4.59. The van der Waals surface area contributed by atoms with Crippen molar-refractivity contribution in [3.8, 4) is 11.4 Å². The van der Waals surface area contributed by atoms with Crippen molar-refractivity contribution in [2.45, 2.75) is 4.90 Å². The molecule has 5 nitrogen and oxygen atoms in total. The first kappa shape index (κ1) is 13.4. The highest BCUT2D eigenvalue weighted by Gasteiger charge is 2.13. The van der Waals surface area contributed by atoms with Crippen molar-refractivity contribution in [2.24, 2.45) is 0 Å². The van der Waals surface area contributed by atoms with E-state index in [4.69, 9.17) is 5.73 Å². The minimum atomic E-state index is -0.540. The molecule has 19 heavy (non-hydrogen) atoms. The van der Waals surface area contributed by atoms with Gasteiger partial charge in [-0.2, -0.15) is 0 Å². The first-order valence-corrected chi connectivity index (χ1v) is 6.73. The summed E-state index contributed by atoms with van der Waals surface area (Å²) in [6, 6.07) is 7.79. The van der Waals surface area contributed by atoms with Crippen LogP contribution in [0, 0.1) is 0 Å². The third-order valence-electron chi connectivity index (χ3n) is 2.57. The average Bonchev–Trinajstić information content (AvgIpc) is 2.46. The van der Waals surface area contributed by atoms with Gasteiger partial charge in [0, 0.05) is 16.7 Å². The van der Waals surface area contributed by atoms with Crippen molar-refractivity contribution in [2.75, 3.05) is 19.1 Å². The third kappa shape index (κ3) is 2.85. The number of nitrogens with zero attached hydrogens (tertiary/aromatic N) is 2. The smallest absolute Gasteiger partial charge is 0.343 e. The van der Waals surface area contributed by atoms with Crippen LogP contribution in [0.2, 0.25) is 0 Å². The van der Waals surface area contributed by atoms with Gasteiger partial charge >= 0.3 is 5.97 Å². The summed E-state index contributed by atoms with van der Waals surface area (Å²) in [7, 11) is 1.29. The average molecular weight is 275 g/mol. The van der Waals surface area contributed by atoms with E-state index in [2.05, 4.69) is 14.7 Å². The summed E-state index contributed by atoms with van der Waals surface area (Å²) in [5, 5.41) is 0. The quantitative estimate of drug-likeness (QED) is 0.683. The molecule has 0 atom stereocenters. The molecule has 0 saturated carbocycles. The van der Waals surface area contributed by atoms with Crippen LogP contribution in [-0.2, 0) is 4.74 Å². The lowest BCUT2D eigenvalue weighted by molar-refractivity contribution is 0.0601. The number of anilines is 1. The van der Waals surface area contributed by atoms with Gasteiger partial charge in [0.1, 0.15) is 11.4 Å². The molecule has 0 bridgehead atoms. The molecule has 1 aromatic heterocycles. The Balaban J connectivity index is 2.35. The highest BCUT2D eigenvalue weighted by molar-refractivity contribution is 7.98. The van der Waals surface area contributed by atoms with Gasteiger partial charge in [0.25, 0.3) is 0 Å². The maximum absolute atomic E-state index is 11.4. The highest BCUT2D eigenvalue weighted by atomic mass is 32.2. The zero-order chi connectivity index (χ0) is 13.8. The molecular formula is C13H13N3O2S. The second kappa shape index (κ2) is 5.71.